The maximum absolute atomic E-state index is 13.1. The van der Waals surface area contributed by atoms with Gasteiger partial charge in [-0.15, -0.1) is 6.58 Å². The van der Waals surface area contributed by atoms with Crippen LogP contribution in [-0.2, 0) is 0 Å². The Hall–Kier alpha value is -2.34. The molecular weight excluding hydrogens is 418 g/mol. The zero-order valence-corrected chi connectivity index (χ0v) is 17.5. The molecule has 0 unspecified atom stereocenters. The number of amides is 1. The van der Waals surface area contributed by atoms with Gasteiger partial charge >= 0.3 is 0 Å². The smallest absolute Gasteiger partial charge is 0.254 e. The third kappa shape index (κ3) is 5.58. The van der Waals surface area contributed by atoms with E-state index in [4.69, 9.17) is 4.74 Å². The average Bonchev–Trinajstić information content (AvgIpc) is 3.24. The van der Waals surface area contributed by atoms with Gasteiger partial charge < -0.3 is 15.0 Å². The molecule has 1 saturated carbocycles. The summed E-state index contributed by atoms with van der Waals surface area (Å²) in [6, 6.07) is 9.69. The van der Waals surface area contributed by atoms with Gasteiger partial charge in [-0.25, -0.2) is 0 Å². The first kappa shape index (κ1) is 20.4. The van der Waals surface area contributed by atoms with Crippen molar-refractivity contribution in [3.63, 3.8) is 0 Å². The van der Waals surface area contributed by atoms with Gasteiger partial charge in [0.1, 0.15) is 12.4 Å². The summed E-state index contributed by atoms with van der Waals surface area (Å²) in [5, 5.41) is 3.28. The number of rotatable bonds is 9. The average molecular weight is 444 g/mol. The fourth-order valence-corrected chi connectivity index (χ4v) is 3.99. The van der Waals surface area contributed by atoms with Crippen LogP contribution in [-0.4, -0.2) is 41.5 Å². The Morgan fingerprint density at radius 3 is 2.75 bits per heavy atom. The lowest BCUT2D eigenvalue weighted by Gasteiger charge is -2.28. The van der Waals surface area contributed by atoms with Crippen LogP contribution < -0.4 is 10.1 Å². The van der Waals surface area contributed by atoms with Gasteiger partial charge in [-0.2, -0.15) is 0 Å². The van der Waals surface area contributed by atoms with Gasteiger partial charge in [-0.05, 0) is 43.2 Å². The van der Waals surface area contributed by atoms with Crippen LogP contribution in [0.4, 0.5) is 5.69 Å². The molecule has 1 fully saturated rings. The van der Waals surface area contributed by atoms with E-state index in [0.717, 1.165) is 23.0 Å². The van der Waals surface area contributed by atoms with Crippen molar-refractivity contribution in [2.24, 2.45) is 0 Å². The number of pyridine rings is 1. The van der Waals surface area contributed by atoms with E-state index in [1.165, 1.54) is 12.8 Å². The molecule has 1 aromatic heterocycles. The number of nitrogens with one attached hydrogen (secondary N) is 1. The molecule has 148 valence electrons. The van der Waals surface area contributed by atoms with Crippen molar-refractivity contribution in [3.8, 4) is 5.75 Å². The van der Waals surface area contributed by atoms with Gasteiger partial charge in [0.2, 0.25) is 0 Å². The van der Waals surface area contributed by atoms with Crippen LogP contribution in [0.25, 0.3) is 0 Å². The predicted molar refractivity (Wildman–Crippen MR) is 116 cm³/mol. The Kier molecular flexibility index (Phi) is 7.48. The number of nitrogens with zero attached hydrogens (tertiary/aromatic N) is 2. The molecule has 6 heteroatoms. The number of anilines is 1. The Bertz CT molecular complexity index is 792. The lowest BCUT2D eigenvalue weighted by molar-refractivity contribution is 0.0706. The number of benzene rings is 1. The normalized spacial score (nSPS) is 13.9. The van der Waals surface area contributed by atoms with Crippen molar-refractivity contribution in [1.29, 1.82) is 0 Å². The van der Waals surface area contributed by atoms with Crippen LogP contribution >= 0.6 is 15.9 Å². The Morgan fingerprint density at radius 2 is 2.04 bits per heavy atom. The molecule has 2 aromatic rings. The highest BCUT2D eigenvalue weighted by Gasteiger charge is 2.27. The third-order valence-electron chi connectivity index (χ3n) is 4.85. The zero-order chi connectivity index (χ0) is 19.8. The summed E-state index contributed by atoms with van der Waals surface area (Å²) in [6.45, 7) is 5.54. The highest BCUT2D eigenvalue weighted by Crippen LogP contribution is 2.27. The molecule has 1 aliphatic carbocycles. The molecule has 0 bridgehead atoms. The molecule has 1 aromatic carbocycles. The standard InChI is InChI=1S/C22H26BrN3O2/c1-2-12-26(20-5-3-4-6-20)22(27)17-14-18(23)16-21(15-17)28-13-11-25-19-7-9-24-10-8-19/h2,7-10,14-16,20H,1,3-6,11-13H2,(H,24,25). The van der Waals surface area contributed by atoms with E-state index in [-0.39, 0.29) is 5.91 Å². The van der Waals surface area contributed by atoms with E-state index < -0.39 is 0 Å². The van der Waals surface area contributed by atoms with E-state index in [1.807, 2.05) is 35.2 Å². The molecule has 0 saturated heterocycles. The highest BCUT2D eigenvalue weighted by atomic mass is 79.9. The fourth-order valence-electron chi connectivity index (χ4n) is 3.52. The Labute approximate surface area is 174 Å². The monoisotopic (exact) mass is 443 g/mol. The minimum atomic E-state index is 0.0351. The molecule has 0 atom stereocenters. The van der Waals surface area contributed by atoms with Crippen molar-refractivity contribution in [3.05, 3.63) is 65.4 Å². The number of carbonyl (C=O) groups is 1. The lowest BCUT2D eigenvalue weighted by Crippen LogP contribution is -2.38. The number of aromatic nitrogens is 1. The molecule has 1 aliphatic rings. The molecule has 0 radical (unpaired) electrons. The van der Waals surface area contributed by atoms with Crippen molar-refractivity contribution in [2.75, 3.05) is 25.0 Å². The van der Waals surface area contributed by atoms with Gasteiger partial charge in [0.05, 0.1) is 0 Å². The molecule has 28 heavy (non-hydrogen) atoms. The Morgan fingerprint density at radius 1 is 1.29 bits per heavy atom. The second-order valence-corrected chi connectivity index (χ2v) is 7.79. The number of hydrogen-bond donors (Lipinski definition) is 1. The van der Waals surface area contributed by atoms with Crippen molar-refractivity contribution in [1.82, 2.24) is 9.88 Å². The summed E-state index contributed by atoms with van der Waals surface area (Å²) in [6.07, 6.45) is 9.79. The number of ether oxygens (including phenoxy) is 1. The Balaban J connectivity index is 1.62. The van der Waals surface area contributed by atoms with Gasteiger partial charge in [0.15, 0.2) is 0 Å². The molecule has 1 heterocycles. The minimum absolute atomic E-state index is 0.0351. The van der Waals surface area contributed by atoms with Crippen LogP contribution in [0.3, 0.4) is 0 Å². The molecule has 0 aliphatic heterocycles. The summed E-state index contributed by atoms with van der Waals surface area (Å²) in [5.41, 5.74) is 1.64. The van der Waals surface area contributed by atoms with Gasteiger partial charge in [-0.3, -0.25) is 9.78 Å². The van der Waals surface area contributed by atoms with Crippen LogP contribution in [0, 0.1) is 0 Å². The third-order valence-corrected chi connectivity index (χ3v) is 5.31. The van der Waals surface area contributed by atoms with Gasteiger partial charge in [-0.1, -0.05) is 34.8 Å². The SMILES string of the molecule is C=CCN(C(=O)c1cc(Br)cc(OCCNc2ccncc2)c1)C1CCCC1. The highest BCUT2D eigenvalue weighted by molar-refractivity contribution is 9.10. The summed E-state index contributed by atoms with van der Waals surface area (Å²) >= 11 is 3.51. The summed E-state index contributed by atoms with van der Waals surface area (Å²) in [4.78, 5) is 19.1. The van der Waals surface area contributed by atoms with Gasteiger partial charge in [0.25, 0.3) is 5.91 Å². The zero-order valence-electron chi connectivity index (χ0n) is 15.9. The molecule has 1 N–H and O–H groups in total. The number of hydrogen-bond acceptors (Lipinski definition) is 4. The van der Waals surface area contributed by atoms with E-state index in [0.29, 0.717) is 37.1 Å². The maximum atomic E-state index is 13.1. The fraction of sp³-hybridized carbons (Fsp3) is 0.364. The van der Waals surface area contributed by atoms with E-state index >= 15 is 0 Å². The molecular formula is C22H26BrN3O2. The first-order valence-electron chi connectivity index (χ1n) is 9.66. The largest absolute Gasteiger partial charge is 0.492 e. The van der Waals surface area contributed by atoms with Gasteiger partial charge in [0, 0.05) is 47.2 Å². The topological polar surface area (TPSA) is 54.5 Å². The molecule has 1 amide bonds. The van der Waals surface area contributed by atoms with Crippen LogP contribution in [0.5, 0.6) is 5.75 Å². The first-order chi connectivity index (χ1) is 13.7. The second-order valence-electron chi connectivity index (χ2n) is 6.87. The second kappa shape index (κ2) is 10.3. The number of carbonyl (C=O) groups excluding carboxylic acids is 1. The summed E-state index contributed by atoms with van der Waals surface area (Å²) in [5.74, 6) is 0.715. The first-order valence-corrected chi connectivity index (χ1v) is 10.5. The minimum Gasteiger partial charge on any atom is -0.492 e. The summed E-state index contributed by atoms with van der Waals surface area (Å²) in [7, 11) is 0. The summed E-state index contributed by atoms with van der Waals surface area (Å²) < 4.78 is 6.70. The van der Waals surface area contributed by atoms with Crippen LogP contribution in [0.2, 0.25) is 0 Å². The van der Waals surface area contributed by atoms with E-state index in [1.54, 1.807) is 18.5 Å². The lowest BCUT2D eigenvalue weighted by atomic mass is 10.1. The molecule has 0 spiro atoms. The van der Waals surface area contributed by atoms with Crippen LogP contribution in [0.1, 0.15) is 36.0 Å². The predicted octanol–water partition coefficient (Wildman–Crippen LogP) is 4.91. The maximum Gasteiger partial charge on any atom is 0.254 e. The molecule has 3 rings (SSSR count). The van der Waals surface area contributed by atoms with Crippen molar-refractivity contribution in [2.45, 2.75) is 31.7 Å². The molecule has 5 nitrogen and oxygen atoms in total. The quantitative estimate of drug-likeness (QED) is 0.441. The number of halogens is 1. The van der Waals surface area contributed by atoms with Crippen molar-refractivity contribution < 1.29 is 9.53 Å². The van der Waals surface area contributed by atoms with E-state index in [2.05, 4.69) is 32.8 Å². The van der Waals surface area contributed by atoms with E-state index in [9.17, 15) is 4.79 Å². The van der Waals surface area contributed by atoms with Crippen LogP contribution in [0.15, 0.2) is 59.9 Å². The van der Waals surface area contributed by atoms with Crippen molar-refractivity contribution >= 4 is 27.5 Å².